The number of rotatable bonds is 6. The van der Waals surface area contributed by atoms with Crippen LogP contribution in [0.4, 0.5) is 0 Å². The number of hydrogen-bond acceptors (Lipinski definition) is 5. The standard InChI is InChI=1S/C19H36N6O.HI/c1-7-20-17(21-13-15-23-16(26-24-15)18(2,3)4)22-14-19(5,6)25-11-9-8-10-12-25;/h7-14H2,1-6H3,(H2,20,21,22);1H. The molecular formula is C19H37IN6O. The summed E-state index contributed by atoms with van der Waals surface area (Å²) < 4.78 is 5.34. The zero-order chi connectivity index (χ0) is 19.2. The molecule has 8 heteroatoms. The molecule has 1 saturated heterocycles. The number of halogens is 1. The molecule has 2 rings (SSSR count). The van der Waals surface area contributed by atoms with Crippen molar-refractivity contribution in [1.29, 1.82) is 0 Å². The van der Waals surface area contributed by atoms with Gasteiger partial charge in [-0.2, -0.15) is 4.98 Å². The van der Waals surface area contributed by atoms with Crippen molar-refractivity contribution in [2.75, 3.05) is 26.2 Å². The Kier molecular flexibility index (Phi) is 9.47. The number of piperidine rings is 1. The largest absolute Gasteiger partial charge is 0.357 e. The third kappa shape index (κ3) is 7.56. The lowest BCUT2D eigenvalue weighted by Crippen LogP contribution is -2.54. The molecule has 2 N–H and O–H groups in total. The van der Waals surface area contributed by atoms with E-state index < -0.39 is 0 Å². The Hall–Kier alpha value is -0.900. The fourth-order valence-corrected chi connectivity index (χ4v) is 3.03. The molecule has 0 radical (unpaired) electrons. The van der Waals surface area contributed by atoms with Crippen LogP contribution < -0.4 is 10.6 Å². The first-order chi connectivity index (χ1) is 12.2. The predicted octanol–water partition coefficient (Wildman–Crippen LogP) is 3.30. The Labute approximate surface area is 181 Å². The van der Waals surface area contributed by atoms with Crippen molar-refractivity contribution < 1.29 is 4.52 Å². The van der Waals surface area contributed by atoms with Crippen LogP contribution in [0.5, 0.6) is 0 Å². The molecule has 1 aliphatic rings. The van der Waals surface area contributed by atoms with Crippen LogP contribution in [-0.4, -0.2) is 52.7 Å². The van der Waals surface area contributed by atoms with Gasteiger partial charge >= 0.3 is 0 Å². The molecule has 0 spiro atoms. The monoisotopic (exact) mass is 492 g/mol. The van der Waals surface area contributed by atoms with Gasteiger partial charge in [-0.15, -0.1) is 24.0 Å². The van der Waals surface area contributed by atoms with Crippen LogP contribution >= 0.6 is 24.0 Å². The van der Waals surface area contributed by atoms with Crippen molar-refractivity contribution >= 4 is 29.9 Å². The van der Waals surface area contributed by atoms with Crippen molar-refractivity contribution in [3.05, 3.63) is 11.7 Å². The number of nitrogens with zero attached hydrogens (tertiary/aromatic N) is 4. The van der Waals surface area contributed by atoms with Crippen LogP contribution in [0.2, 0.25) is 0 Å². The quantitative estimate of drug-likeness (QED) is 0.361. The highest BCUT2D eigenvalue weighted by Gasteiger charge is 2.28. The first-order valence-electron chi connectivity index (χ1n) is 9.82. The van der Waals surface area contributed by atoms with E-state index in [1.54, 1.807) is 0 Å². The van der Waals surface area contributed by atoms with Gasteiger partial charge in [-0.1, -0.05) is 32.3 Å². The molecule has 0 bridgehead atoms. The van der Waals surface area contributed by atoms with E-state index in [1.807, 2.05) is 0 Å². The average molecular weight is 492 g/mol. The van der Waals surface area contributed by atoms with E-state index in [4.69, 9.17) is 4.52 Å². The van der Waals surface area contributed by atoms with E-state index in [9.17, 15) is 0 Å². The molecule has 1 aromatic heterocycles. The number of guanidine groups is 1. The van der Waals surface area contributed by atoms with Gasteiger partial charge in [0, 0.05) is 24.0 Å². The maximum atomic E-state index is 5.34. The van der Waals surface area contributed by atoms with Crippen molar-refractivity contribution in [1.82, 2.24) is 25.7 Å². The first kappa shape index (κ1) is 24.1. The molecule has 2 heterocycles. The van der Waals surface area contributed by atoms with Crippen LogP contribution in [-0.2, 0) is 12.0 Å². The second-order valence-electron chi connectivity index (χ2n) is 8.67. The molecule has 0 unspecified atom stereocenters. The van der Waals surface area contributed by atoms with E-state index in [2.05, 4.69) is 72.2 Å². The van der Waals surface area contributed by atoms with Crippen molar-refractivity contribution in [3.63, 3.8) is 0 Å². The van der Waals surface area contributed by atoms with Crippen molar-refractivity contribution in [2.24, 2.45) is 4.99 Å². The predicted molar refractivity (Wildman–Crippen MR) is 121 cm³/mol. The Balaban J connectivity index is 0.00000364. The van der Waals surface area contributed by atoms with Gasteiger partial charge in [0.25, 0.3) is 0 Å². The summed E-state index contributed by atoms with van der Waals surface area (Å²) in [7, 11) is 0. The van der Waals surface area contributed by atoms with Gasteiger partial charge in [0.2, 0.25) is 5.89 Å². The third-order valence-electron chi connectivity index (χ3n) is 4.73. The molecule has 0 amide bonds. The van der Waals surface area contributed by atoms with E-state index in [0.717, 1.165) is 19.0 Å². The third-order valence-corrected chi connectivity index (χ3v) is 4.73. The second-order valence-corrected chi connectivity index (χ2v) is 8.67. The van der Waals surface area contributed by atoms with Gasteiger partial charge in [-0.3, -0.25) is 4.90 Å². The van der Waals surface area contributed by atoms with Gasteiger partial charge < -0.3 is 15.2 Å². The first-order valence-corrected chi connectivity index (χ1v) is 9.82. The summed E-state index contributed by atoms with van der Waals surface area (Å²) >= 11 is 0. The van der Waals surface area contributed by atoms with Crippen LogP contribution in [0.25, 0.3) is 0 Å². The molecule has 0 atom stereocenters. The Morgan fingerprint density at radius 2 is 1.78 bits per heavy atom. The van der Waals surface area contributed by atoms with Gasteiger partial charge in [-0.25, -0.2) is 4.99 Å². The lowest BCUT2D eigenvalue weighted by atomic mass is 9.97. The maximum Gasteiger partial charge on any atom is 0.232 e. The maximum absolute atomic E-state index is 5.34. The topological polar surface area (TPSA) is 78.6 Å². The zero-order valence-corrected chi connectivity index (χ0v) is 20.1. The van der Waals surface area contributed by atoms with Crippen LogP contribution in [0, 0.1) is 0 Å². The van der Waals surface area contributed by atoms with Crippen LogP contribution in [0.1, 0.15) is 72.5 Å². The average Bonchev–Trinajstić information content (AvgIpc) is 3.07. The number of aromatic nitrogens is 2. The zero-order valence-electron chi connectivity index (χ0n) is 17.8. The highest BCUT2D eigenvalue weighted by Crippen LogP contribution is 2.20. The van der Waals surface area contributed by atoms with Gasteiger partial charge in [0.1, 0.15) is 6.54 Å². The fraction of sp³-hybridized carbons (Fsp3) is 0.842. The minimum absolute atomic E-state index is 0. The minimum Gasteiger partial charge on any atom is -0.357 e. The van der Waals surface area contributed by atoms with E-state index in [1.165, 1.54) is 32.4 Å². The van der Waals surface area contributed by atoms with Gasteiger partial charge in [-0.05, 0) is 46.7 Å². The van der Waals surface area contributed by atoms with Crippen molar-refractivity contribution in [2.45, 2.75) is 78.3 Å². The fourth-order valence-electron chi connectivity index (χ4n) is 3.03. The second kappa shape index (κ2) is 10.6. The van der Waals surface area contributed by atoms with E-state index in [-0.39, 0.29) is 34.9 Å². The molecule has 0 aliphatic carbocycles. The molecule has 1 aromatic rings. The van der Waals surface area contributed by atoms with Crippen molar-refractivity contribution in [3.8, 4) is 0 Å². The summed E-state index contributed by atoms with van der Waals surface area (Å²) in [6, 6.07) is 0. The summed E-state index contributed by atoms with van der Waals surface area (Å²) in [5.74, 6) is 2.05. The van der Waals surface area contributed by atoms with Crippen LogP contribution in [0.15, 0.2) is 9.52 Å². The molecule has 7 nitrogen and oxygen atoms in total. The van der Waals surface area contributed by atoms with Crippen LogP contribution in [0.3, 0.4) is 0 Å². The molecule has 27 heavy (non-hydrogen) atoms. The summed E-state index contributed by atoms with van der Waals surface area (Å²) in [4.78, 5) is 11.6. The Morgan fingerprint density at radius 1 is 1.11 bits per heavy atom. The lowest BCUT2D eigenvalue weighted by molar-refractivity contribution is 0.0982. The molecule has 1 aliphatic heterocycles. The molecular weight excluding hydrogens is 455 g/mol. The summed E-state index contributed by atoms with van der Waals surface area (Å²) in [6.45, 7) is 17.3. The van der Waals surface area contributed by atoms with Gasteiger partial charge in [0.05, 0.1) is 0 Å². The Bertz CT molecular complexity index is 587. The number of nitrogens with one attached hydrogen (secondary N) is 2. The molecule has 156 valence electrons. The number of hydrogen-bond donors (Lipinski definition) is 2. The molecule has 0 saturated carbocycles. The number of aliphatic imine (C=N–C) groups is 1. The van der Waals surface area contributed by atoms with E-state index >= 15 is 0 Å². The van der Waals surface area contributed by atoms with Gasteiger partial charge in [0.15, 0.2) is 11.8 Å². The van der Waals surface area contributed by atoms with E-state index in [0.29, 0.717) is 18.3 Å². The molecule has 0 aromatic carbocycles. The summed E-state index contributed by atoms with van der Waals surface area (Å²) in [5, 5.41) is 10.8. The minimum atomic E-state index is -0.143. The molecule has 1 fully saturated rings. The highest BCUT2D eigenvalue weighted by molar-refractivity contribution is 14.0. The summed E-state index contributed by atoms with van der Waals surface area (Å²) in [6.07, 6.45) is 3.95. The number of likely N-dealkylation sites (tertiary alicyclic amines) is 1. The normalized spacial score (nSPS) is 16.7. The lowest BCUT2D eigenvalue weighted by Gasteiger charge is -2.41. The highest BCUT2D eigenvalue weighted by atomic mass is 127. The Morgan fingerprint density at radius 3 is 2.33 bits per heavy atom. The SMILES string of the molecule is CCNC(=NCc1noc(C(C)(C)C)n1)NCC(C)(C)N1CCCCC1.I. The smallest absolute Gasteiger partial charge is 0.232 e. The summed E-state index contributed by atoms with van der Waals surface area (Å²) in [5.41, 5.74) is -0.0433.